The highest BCUT2D eigenvalue weighted by Crippen LogP contribution is 2.45. The van der Waals surface area contributed by atoms with Crippen molar-refractivity contribution in [1.82, 2.24) is 0 Å². The molecule has 0 spiro atoms. The second kappa shape index (κ2) is 12.3. The number of phenols is 5. The van der Waals surface area contributed by atoms with Crippen LogP contribution in [0, 0.1) is 0 Å². The Balaban J connectivity index is 1.59. The van der Waals surface area contributed by atoms with Gasteiger partial charge in [-0.2, -0.15) is 0 Å². The predicted octanol–water partition coefficient (Wildman–Crippen LogP) is -2.09. The van der Waals surface area contributed by atoms with Gasteiger partial charge in [0, 0.05) is 24.3 Å². The summed E-state index contributed by atoms with van der Waals surface area (Å²) < 4.78 is 28.4. The van der Waals surface area contributed by atoms with Crippen molar-refractivity contribution in [3.8, 4) is 45.8 Å². The minimum Gasteiger partial charge on any atom is -0.507 e. The highest BCUT2D eigenvalue weighted by Gasteiger charge is 2.52. The van der Waals surface area contributed by atoms with Gasteiger partial charge in [0.2, 0.25) is 12.0 Å². The van der Waals surface area contributed by atoms with E-state index >= 15 is 0 Å². The van der Waals surface area contributed by atoms with Crippen molar-refractivity contribution in [2.75, 3.05) is 13.2 Å². The Morgan fingerprint density at radius 2 is 1.25 bits per heavy atom. The van der Waals surface area contributed by atoms with Crippen molar-refractivity contribution < 1.29 is 84.6 Å². The van der Waals surface area contributed by atoms with Gasteiger partial charge in [-0.25, -0.2) is 4.42 Å². The Labute approximate surface area is 246 Å². The summed E-state index contributed by atoms with van der Waals surface area (Å²) in [5.74, 6) is -3.88. The molecule has 0 saturated carbocycles. The quantitative estimate of drug-likeness (QED) is 0.0987. The third-order valence-corrected chi connectivity index (χ3v) is 7.36. The van der Waals surface area contributed by atoms with E-state index < -0.39 is 97.6 Å². The van der Waals surface area contributed by atoms with Crippen LogP contribution in [-0.2, 0) is 14.2 Å². The number of aliphatic hydroxyl groups excluding tert-OH is 7. The Bertz CT molecular complexity index is 1470. The van der Waals surface area contributed by atoms with Gasteiger partial charge in [0.05, 0.1) is 24.8 Å². The van der Waals surface area contributed by atoms with E-state index in [4.69, 9.17) is 23.4 Å². The van der Waals surface area contributed by atoms with E-state index in [1.54, 1.807) is 0 Å². The normalized spacial score (nSPS) is 32.5. The Morgan fingerprint density at radius 3 is 1.86 bits per heavy atom. The summed E-state index contributed by atoms with van der Waals surface area (Å²) in [6.07, 6.45) is -17.5. The van der Waals surface area contributed by atoms with Gasteiger partial charge in [-0.1, -0.05) is 0 Å². The highest BCUT2D eigenvalue weighted by molar-refractivity contribution is 5.88. The number of phenolic OH excluding ortho intramolecular Hbond substituents is 5. The Kier molecular flexibility index (Phi) is 8.87. The summed E-state index contributed by atoms with van der Waals surface area (Å²) in [5, 5.41) is 122. The van der Waals surface area contributed by atoms with Gasteiger partial charge in [-0.05, 0) is 0 Å². The van der Waals surface area contributed by atoms with Crippen LogP contribution in [0.2, 0.25) is 0 Å². The lowest BCUT2D eigenvalue weighted by molar-refractivity contribution is -0.357. The van der Waals surface area contributed by atoms with Crippen LogP contribution in [0.1, 0.15) is 0 Å². The monoisotopic (exact) mass is 627 g/mol. The topological polar surface area (TPSA) is 291 Å². The van der Waals surface area contributed by atoms with Crippen LogP contribution in [0.4, 0.5) is 0 Å². The van der Waals surface area contributed by atoms with Crippen molar-refractivity contribution >= 4 is 11.0 Å². The molecular weight excluding hydrogens is 596 g/mol. The van der Waals surface area contributed by atoms with Crippen LogP contribution in [0.25, 0.3) is 22.3 Å². The number of hydrogen-bond acceptors (Lipinski definition) is 16. The minimum absolute atomic E-state index is 0.0322. The van der Waals surface area contributed by atoms with Gasteiger partial charge in [0.15, 0.2) is 29.6 Å². The molecule has 17 nitrogen and oxygen atoms in total. The molecule has 10 unspecified atom stereocenters. The van der Waals surface area contributed by atoms with Crippen molar-refractivity contribution in [1.29, 1.82) is 0 Å². The van der Waals surface area contributed by atoms with Gasteiger partial charge in [-0.3, -0.25) is 0 Å². The summed E-state index contributed by atoms with van der Waals surface area (Å²) in [5.41, 5.74) is -0.224. The third-order valence-electron chi connectivity index (χ3n) is 7.36. The van der Waals surface area contributed by atoms with Crippen LogP contribution in [0.15, 0.2) is 34.7 Å². The van der Waals surface area contributed by atoms with Crippen molar-refractivity contribution in [2.24, 2.45) is 0 Å². The van der Waals surface area contributed by atoms with Gasteiger partial charge < -0.3 is 80.2 Å². The lowest BCUT2D eigenvalue weighted by Crippen LogP contribution is -2.65. The fourth-order valence-corrected chi connectivity index (χ4v) is 4.96. The number of aromatic hydroxyl groups is 5. The van der Waals surface area contributed by atoms with Crippen LogP contribution in [-0.4, -0.2) is 136 Å². The maximum Gasteiger partial charge on any atom is 0.402 e. The molecule has 0 radical (unpaired) electrons. The fraction of sp³-hybridized carbons (Fsp3) is 0.444. The lowest BCUT2D eigenvalue weighted by atomic mass is 9.97. The highest BCUT2D eigenvalue weighted by atomic mass is 16.8. The SMILES string of the molecule is OCC1OC(OC2C(Oc3cc4c(O)cc(O)cc4[o+]c3-c3cc(O)c(O)c(O)c3)OC(CO)C(O)C2O)C(O)C(O)C1O. The number of aliphatic hydroxyl groups is 7. The van der Waals surface area contributed by atoms with Crippen LogP contribution >= 0.6 is 0 Å². The molecule has 2 aromatic carbocycles. The molecule has 2 fully saturated rings. The summed E-state index contributed by atoms with van der Waals surface area (Å²) in [4.78, 5) is 0. The van der Waals surface area contributed by atoms with Gasteiger partial charge in [-0.15, -0.1) is 0 Å². The van der Waals surface area contributed by atoms with E-state index in [2.05, 4.69) is 0 Å². The molecule has 0 aliphatic carbocycles. The Hall–Kier alpha value is -3.75. The standard InChI is InChI=1S/C27H30O17/c28-6-16-19(35)21(37)23(39)26(42-16)44-25-22(38)20(36)17(7-29)43-27(25)41-15-5-10-11(31)3-9(30)4-14(10)40-24(15)8-1-12(32)18(34)13(33)2-8/h1-5,16-17,19-23,25-29,35-39H,6-7H2,(H4-,30,31,32,33,34)/p+1. The first-order chi connectivity index (χ1) is 20.8. The fourth-order valence-electron chi connectivity index (χ4n) is 4.96. The zero-order chi connectivity index (χ0) is 32.0. The molecule has 10 atom stereocenters. The van der Waals surface area contributed by atoms with E-state index in [1.165, 1.54) is 6.07 Å². The summed E-state index contributed by atoms with van der Waals surface area (Å²) in [6, 6.07) is 5.27. The minimum atomic E-state index is -1.92. The zero-order valence-corrected chi connectivity index (χ0v) is 22.5. The number of benzene rings is 2. The van der Waals surface area contributed by atoms with E-state index in [9.17, 15) is 61.3 Å². The second-order valence-electron chi connectivity index (χ2n) is 10.3. The number of fused-ring (bicyclic) bond motifs is 1. The number of rotatable bonds is 7. The van der Waals surface area contributed by atoms with Crippen LogP contribution < -0.4 is 4.74 Å². The molecule has 12 N–H and O–H groups in total. The molecule has 3 heterocycles. The first kappa shape index (κ1) is 31.7. The van der Waals surface area contributed by atoms with Gasteiger partial charge in [0.25, 0.3) is 0 Å². The van der Waals surface area contributed by atoms with E-state index in [1.807, 2.05) is 0 Å². The molecule has 2 aliphatic rings. The number of hydrogen-bond donors (Lipinski definition) is 12. The molecule has 3 aromatic rings. The van der Waals surface area contributed by atoms with Crippen LogP contribution in [0.5, 0.6) is 34.5 Å². The molecule has 2 aliphatic heterocycles. The molecule has 5 rings (SSSR count). The molecule has 0 bridgehead atoms. The van der Waals surface area contributed by atoms with Gasteiger partial charge in [0.1, 0.15) is 59.6 Å². The molecule has 44 heavy (non-hydrogen) atoms. The summed E-state index contributed by atoms with van der Waals surface area (Å²) in [7, 11) is 0. The van der Waals surface area contributed by atoms with Crippen molar-refractivity contribution in [2.45, 2.75) is 61.4 Å². The number of ether oxygens (including phenoxy) is 4. The van der Waals surface area contributed by atoms with E-state index in [-0.39, 0.29) is 33.8 Å². The first-order valence-corrected chi connectivity index (χ1v) is 13.2. The lowest BCUT2D eigenvalue weighted by Gasteiger charge is -2.45. The maximum atomic E-state index is 11.0. The summed E-state index contributed by atoms with van der Waals surface area (Å²) in [6.45, 7) is -1.61. The maximum absolute atomic E-state index is 11.0. The van der Waals surface area contributed by atoms with Crippen LogP contribution in [0.3, 0.4) is 0 Å². The molecule has 1 aromatic heterocycles. The predicted molar refractivity (Wildman–Crippen MR) is 141 cm³/mol. The zero-order valence-electron chi connectivity index (χ0n) is 22.5. The second-order valence-corrected chi connectivity index (χ2v) is 10.3. The molecule has 0 amide bonds. The smallest absolute Gasteiger partial charge is 0.402 e. The molecular formula is C27H31O17+. The van der Waals surface area contributed by atoms with Crippen molar-refractivity contribution in [3.05, 3.63) is 30.3 Å². The van der Waals surface area contributed by atoms with E-state index in [0.717, 1.165) is 24.3 Å². The average molecular weight is 628 g/mol. The Morgan fingerprint density at radius 1 is 0.659 bits per heavy atom. The summed E-state index contributed by atoms with van der Waals surface area (Å²) >= 11 is 0. The molecule has 17 heteroatoms. The van der Waals surface area contributed by atoms with E-state index in [0.29, 0.717) is 0 Å². The van der Waals surface area contributed by atoms with Crippen molar-refractivity contribution in [3.63, 3.8) is 0 Å². The van der Waals surface area contributed by atoms with Gasteiger partial charge >= 0.3 is 11.3 Å². The third kappa shape index (κ3) is 5.73. The molecule has 2 saturated heterocycles. The average Bonchev–Trinajstić information content (AvgIpc) is 2.99. The molecule has 240 valence electrons. The largest absolute Gasteiger partial charge is 0.507 e. The first-order valence-electron chi connectivity index (χ1n) is 13.2.